The molecule has 0 spiro atoms. The molecule has 1 aromatic carbocycles. The Morgan fingerprint density at radius 3 is 2.62 bits per heavy atom. The normalized spacial score (nSPS) is 12.0. The molecular formula is C16H19N3O2. The van der Waals surface area contributed by atoms with Crippen molar-refractivity contribution >= 4 is 5.91 Å². The van der Waals surface area contributed by atoms with Gasteiger partial charge in [-0.1, -0.05) is 18.2 Å². The molecule has 0 aliphatic carbocycles. The first-order valence-corrected chi connectivity index (χ1v) is 6.90. The van der Waals surface area contributed by atoms with E-state index in [1.807, 2.05) is 45.0 Å². The zero-order valence-electron chi connectivity index (χ0n) is 12.4. The van der Waals surface area contributed by atoms with E-state index in [0.29, 0.717) is 5.69 Å². The maximum atomic E-state index is 12.1. The third-order valence-corrected chi connectivity index (χ3v) is 2.89. The fourth-order valence-electron chi connectivity index (χ4n) is 1.96. The van der Waals surface area contributed by atoms with Crippen LogP contribution < -0.4 is 10.1 Å². The Labute approximate surface area is 124 Å². The van der Waals surface area contributed by atoms with Gasteiger partial charge in [-0.3, -0.25) is 9.78 Å². The number of ether oxygens (including phenoxy) is 1. The van der Waals surface area contributed by atoms with E-state index in [2.05, 4.69) is 15.3 Å². The number of carbonyl (C=O) groups excluding carboxylic acids is 1. The van der Waals surface area contributed by atoms with Crippen LogP contribution in [0.2, 0.25) is 0 Å². The second kappa shape index (κ2) is 6.83. The summed E-state index contributed by atoms with van der Waals surface area (Å²) in [4.78, 5) is 20.0. The zero-order chi connectivity index (χ0) is 15.2. The van der Waals surface area contributed by atoms with Crippen molar-refractivity contribution in [2.45, 2.75) is 32.9 Å². The molecule has 0 radical (unpaired) electrons. The van der Waals surface area contributed by atoms with Gasteiger partial charge >= 0.3 is 0 Å². The Bertz CT molecular complexity index is 599. The van der Waals surface area contributed by atoms with E-state index in [4.69, 9.17) is 4.74 Å². The van der Waals surface area contributed by atoms with E-state index >= 15 is 0 Å². The molecule has 0 unspecified atom stereocenters. The zero-order valence-corrected chi connectivity index (χ0v) is 12.4. The van der Waals surface area contributed by atoms with Gasteiger partial charge in [0.2, 0.25) is 0 Å². The smallest absolute Gasteiger partial charge is 0.271 e. The van der Waals surface area contributed by atoms with Crippen molar-refractivity contribution in [2.24, 2.45) is 0 Å². The lowest BCUT2D eigenvalue weighted by molar-refractivity contribution is 0.0933. The first-order chi connectivity index (χ1) is 10.1. The third-order valence-electron chi connectivity index (χ3n) is 2.89. The number of nitrogens with one attached hydrogen (secondary N) is 1. The van der Waals surface area contributed by atoms with E-state index in [1.165, 1.54) is 18.6 Å². The Morgan fingerprint density at radius 2 is 1.95 bits per heavy atom. The summed E-state index contributed by atoms with van der Waals surface area (Å²) in [5.74, 6) is 0.523. The Balaban J connectivity index is 2.13. The minimum Gasteiger partial charge on any atom is -0.491 e. The molecule has 2 rings (SSSR count). The predicted octanol–water partition coefficient (Wildman–Crippen LogP) is 2.75. The van der Waals surface area contributed by atoms with Crippen LogP contribution in [0, 0.1) is 0 Å². The molecule has 0 saturated carbocycles. The van der Waals surface area contributed by atoms with E-state index in [9.17, 15) is 4.79 Å². The molecule has 1 heterocycles. The molecule has 0 bridgehead atoms. The number of aromatic nitrogens is 2. The SMILES string of the molecule is CC(C)Oc1ccccc1[C@H](C)NC(=O)c1cnccn1. The van der Waals surface area contributed by atoms with Crippen LogP contribution in [0.1, 0.15) is 42.9 Å². The number of amides is 1. The van der Waals surface area contributed by atoms with Gasteiger partial charge in [-0.25, -0.2) is 4.98 Å². The van der Waals surface area contributed by atoms with Crippen molar-refractivity contribution in [1.82, 2.24) is 15.3 Å². The number of rotatable bonds is 5. The molecule has 1 atom stereocenters. The fraction of sp³-hybridized carbons (Fsp3) is 0.312. The largest absolute Gasteiger partial charge is 0.491 e. The molecular weight excluding hydrogens is 266 g/mol. The minimum atomic E-state index is -0.255. The van der Waals surface area contributed by atoms with Crippen molar-refractivity contribution in [1.29, 1.82) is 0 Å². The Morgan fingerprint density at radius 1 is 1.19 bits per heavy atom. The van der Waals surface area contributed by atoms with Gasteiger partial charge in [0, 0.05) is 18.0 Å². The highest BCUT2D eigenvalue weighted by atomic mass is 16.5. The summed E-state index contributed by atoms with van der Waals surface area (Å²) < 4.78 is 5.77. The number of carbonyl (C=O) groups is 1. The molecule has 2 aromatic rings. The number of benzene rings is 1. The van der Waals surface area contributed by atoms with Crippen LogP contribution in [0.15, 0.2) is 42.9 Å². The van der Waals surface area contributed by atoms with Gasteiger partial charge in [-0.05, 0) is 26.8 Å². The van der Waals surface area contributed by atoms with Crippen LogP contribution in [-0.2, 0) is 0 Å². The molecule has 1 amide bonds. The summed E-state index contributed by atoms with van der Waals surface area (Å²) >= 11 is 0. The Hall–Kier alpha value is -2.43. The van der Waals surface area contributed by atoms with Crippen LogP contribution in [0.3, 0.4) is 0 Å². The van der Waals surface area contributed by atoms with E-state index in [-0.39, 0.29) is 18.1 Å². The molecule has 0 saturated heterocycles. The lowest BCUT2D eigenvalue weighted by Crippen LogP contribution is -2.28. The van der Waals surface area contributed by atoms with Crippen molar-refractivity contribution in [3.63, 3.8) is 0 Å². The van der Waals surface area contributed by atoms with Crippen LogP contribution in [0.4, 0.5) is 0 Å². The predicted molar refractivity (Wildman–Crippen MR) is 80.1 cm³/mol. The highest BCUT2D eigenvalue weighted by Crippen LogP contribution is 2.25. The second-order valence-electron chi connectivity index (χ2n) is 4.99. The molecule has 5 nitrogen and oxygen atoms in total. The maximum absolute atomic E-state index is 12.1. The quantitative estimate of drug-likeness (QED) is 0.917. The third kappa shape index (κ3) is 4.02. The topological polar surface area (TPSA) is 64.1 Å². The van der Waals surface area contributed by atoms with Crippen molar-refractivity contribution in [3.05, 3.63) is 54.1 Å². The first kappa shape index (κ1) is 15.0. The molecule has 1 aromatic heterocycles. The van der Waals surface area contributed by atoms with Gasteiger partial charge in [-0.2, -0.15) is 0 Å². The van der Waals surface area contributed by atoms with Gasteiger partial charge < -0.3 is 10.1 Å². The number of nitrogens with zero attached hydrogens (tertiary/aromatic N) is 2. The van der Waals surface area contributed by atoms with Gasteiger partial charge in [0.05, 0.1) is 18.3 Å². The highest BCUT2D eigenvalue weighted by Gasteiger charge is 2.16. The van der Waals surface area contributed by atoms with Gasteiger partial charge in [0.1, 0.15) is 11.4 Å². The number of hydrogen-bond donors (Lipinski definition) is 1. The summed E-state index contributed by atoms with van der Waals surface area (Å²) in [6, 6.07) is 7.50. The summed E-state index contributed by atoms with van der Waals surface area (Å²) in [6.45, 7) is 5.86. The van der Waals surface area contributed by atoms with E-state index in [0.717, 1.165) is 11.3 Å². The standard InChI is InChI=1S/C16H19N3O2/c1-11(2)21-15-7-5-4-6-13(15)12(3)19-16(20)14-10-17-8-9-18-14/h4-12H,1-3H3,(H,19,20)/t12-/m0/s1. The lowest BCUT2D eigenvalue weighted by atomic mass is 10.1. The number of para-hydroxylation sites is 1. The van der Waals surface area contributed by atoms with Gasteiger partial charge in [-0.15, -0.1) is 0 Å². The fourth-order valence-corrected chi connectivity index (χ4v) is 1.96. The Kier molecular flexibility index (Phi) is 4.87. The van der Waals surface area contributed by atoms with E-state index < -0.39 is 0 Å². The monoisotopic (exact) mass is 285 g/mol. The molecule has 0 fully saturated rings. The van der Waals surface area contributed by atoms with Crippen molar-refractivity contribution in [2.75, 3.05) is 0 Å². The highest BCUT2D eigenvalue weighted by molar-refractivity contribution is 5.92. The summed E-state index contributed by atoms with van der Waals surface area (Å²) in [6.07, 6.45) is 4.55. The summed E-state index contributed by atoms with van der Waals surface area (Å²) in [5.41, 5.74) is 1.23. The second-order valence-corrected chi connectivity index (χ2v) is 4.99. The number of hydrogen-bond acceptors (Lipinski definition) is 4. The summed E-state index contributed by atoms with van der Waals surface area (Å²) in [5, 5.41) is 2.90. The lowest BCUT2D eigenvalue weighted by Gasteiger charge is -2.19. The average Bonchev–Trinajstić information content (AvgIpc) is 2.48. The molecule has 5 heteroatoms. The molecule has 110 valence electrons. The molecule has 1 N–H and O–H groups in total. The van der Waals surface area contributed by atoms with Gasteiger partial charge in [0.25, 0.3) is 5.91 Å². The maximum Gasteiger partial charge on any atom is 0.271 e. The van der Waals surface area contributed by atoms with E-state index in [1.54, 1.807) is 0 Å². The van der Waals surface area contributed by atoms with Crippen LogP contribution >= 0.6 is 0 Å². The molecule has 0 aliphatic heterocycles. The summed E-state index contributed by atoms with van der Waals surface area (Å²) in [7, 11) is 0. The first-order valence-electron chi connectivity index (χ1n) is 6.90. The van der Waals surface area contributed by atoms with Crippen LogP contribution in [0.25, 0.3) is 0 Å². The van der Waals surface area contributed by atoms with Gasteiger partial charge in [0.15, 0.2) is 0 Å². The van der Waals surface area contributed by atoms with Crippen LogP contribution in [-0.4, -0.2) is 22.0 Å². The molecule has 21 heavy (non-hydrogen) atoms. The minimum absolute atomic E-state index is 0.0778. The van der Waals surface area contributed by atoms with Crippen LogP contribution in [0.5, 0.6) is 5.75 Å². The van der Waals surface area contributed by atoms with Crippen molar-refractivity contribution in [3.8, 4) is 5.75 Å². The average molecular weight is 285 g/mol. The molecule has 0 aliphatic rings. The van der Waals surface area contributed by atoms with Crippen molar-refractivity contribution < 1.29 is 9.53 Å².